The van der Waals surface area contributed by atoms with Crippen LogP contribution in [0.5, 0.6) is 0 Å². The van der Waals surface area contributed by atoms with Crippen molar-refractivity contribution in [2.24, 2.45) is 0 Å². The van der Waals surface area contributed by atoms with E-state index in [1.165, 1.54) is 4.90 Å². The minimum absolute atomic E-state index is 0.0166. The van der Waals surface area contributed by atoms with Gasteiger partial charge in [0.05, 0.1) is 0 Å². The molecule has 0 aromatic rings. The molecule has 0 radical (unpaired) electrons. The standard InChI is InChI=1S/C10H20N2O2/c1-6-12(7-2)9(14)10(3,4)11(5)8-13/h8H,6-7H2,1-5H3. The van der Waals surface area contributed by atoms with E-state index in [2.05, 4.69) is 0 Å². The number of hydrogen-bond acceptors (Lipinski definition) is 2. The van der Waals surface area contributed by atoms with Crippen LogP contribution in [0.3, 0.4) is 0 Å². The van der Waals surface area contributed by atoms with Gasteiger partial charge in [0.15, 0.2) is 0 Å². The zero-order valence-corrected chi connectivity index (χ0v) is 9.70. The molecule has 0 aliphatic carbocycles. The third-order valence-electron chi connectivity index (χ3n) is 2.61. The molecule has 4 heteroatoms. The summed E-state index contributed by atoms with van der Waals surface area (Å²) < 4.78 is 0. The zero-order chi connectivity index (χ0) is 11.4. The summed E-state index contributed by atoms with van der Waals surface area (Å²) in [6.45, 7) is 8.71. The van der Waals surface area contributed by atoms with E-state index in [0.29, 0.717) is 19.5 Å². The fourth-order valence-electron chi connectivity index (χ4n) is 1.18. The van der Waals surface area contributed by atoms with Gasteiger partial charge in [0.2, 0.25) is 12.3 Å². The van der Waals surface area contributed by atoms with Crippen molar-refractivity contribution in [1.82, 2.24) is 9.80 Å². The third-order valence-corrected chi connectivity index (χ3v) is 2.61. The molecule has 2 amide bonds. The van der Waals surface area contributed by atoms with Crippen molar-refractivity contribution in [1.29, 1.82) is 0 Å². The van der Waals surface area contributed by atoms with Gasteiger partial charge in [0.25, 0.3) is 0 Å². The normalized spacial score (nSPS) is 10.9. The highest BCUT2D eigenvalue weighted by Gasteiger charge is 2.34. The monoisotopic (exact) mass is 200 g/mol. The smallest absolute Gasteiger partial charge is 0.247 e. The highest BCUT2D eigenvalue weighted by Crippen LogP contribution is 2.14. The average molecular weight is 200 g/mol. The van der Waals surface area contributed by atoms with Gasteiger partial charge < -0.3 is 9.80 Å². The highest BCUT2D eigenvalue weighted by atomic mass is 16.2. The first kappa shape index (κ1) is 12.9. The molecule has 0 aliphatic heterocycles. The predicted octanol–water partition coefficient (Wildman–Crippen LogP) is 0.722. The van der Waals surface area contributed by atoms with Crippen LogP contribution in [0.2, 0.25) is 0 Å². The highest BCUT2D eigenvalue weighted by molar-refractivity contribution is 5.87. The molecule has 4 nitrogen and oxygen atoms in total. The first-order valence-corrected chi connectivity index (χ1v) is 4.89. The summed E-state index contributed by atoms with van der Waals surface area (Å²) in [6, 6.07) is 0. The Kier molecular flexibility index (Phi) is 4.60. The lowest BCUT2D eigenvalue weighted by molar-refractivity contribution is -0.145. The maximum atomic E-state index is 12.0. The van der Waals surface area contributed by atoms with E-state index in [-0.39, 0.29) is 5.91 Å². The van der Waals surface area contributed by atoms with Crippen LogP contribution >= 0.6 is 0 Å². The van der Waals surface area contributed by atoms with Crippen molar-refractivity contribution < 1.29 is 9.59 Å². The van der Waals surface area contributed by atoms with Gasteiger partial charge in [-0.05, 0) is 27.7 Å². The Bertz CT molecular complexity index is 210. The zero-order valence-electron chi connectivity index (χ0n) is 9.70. The minimum atomic E-state index is -0.756. The van der Waals surface area contributed by atoms with Crippen molar-refractivity contribution in [3.63, 3.8) is 0 Å². The van der Waals surface area contributed by atoms with E-state index in [4.69, 9.17) is 0 Å². The average Bonchev–Trinajstić information content (AvgIpc) is 2.18. The fraction of sp³-hybridized carbons (Fsp3) is 0.800. The summed E-state index contributed by atoms with van der Waals surface area (Å²) in [5.41, 5.74) is -0.756. The second kappa shape index (κ2) is 4.98. The van der Waals surface area contributed by atoms with Crippen molar-refractivity contribution >= 4 is 12.3 Å². The number of carbonyl (C=O) groups is 2. The van der Waals surface area contributed by atoms with Crippen LogP contribution in [0.1, 0.15) is 27.7 Å². The van der Waals surface area contributed by atoms with Crippen LogP contribution in [0.4, 0.5) is 0 Å². The Hall–Kier alpha value is -1.06. The quantitative estimate of drug-likeness (QED) is 0.614. The molecular formula is C10H20N2O2. The number of rotatable bonds is 5. The number of hydrogen-bond donors (Lipinski definition) is 0. The molecule has 0 bridgehead atoms. The largest absolute Gasteiger partial charge is 0.341 e. The maximum Gasteiger partial charge on any atom is 0.247 e. The summed E-state index contributed by atoms with van der Waals surface area (Å²) in [4.78, 5) is 25.7. The van der Waals surface area contributed by atoms with E-state index in [1.807, 2.05) is 13.8 Å². The molecule has 14 heavy (non-hydrogen) atoms. The fourth-order valence-corrected chi connectivity index (χ4v) is 1.18. The van der Waals surface area contributed by atoms with Crippen LogP contribution in [-0.4, -0.2) is 47.8 Å². The lowest BCUT2D eigenvalue weighted by Gasteiger charge is -2.35. The van der Waals surface area contributed by atoms with Crippen molar-refractivity contribution in [2.75, 3.05) is 20.1 Å². The van der Waals surface area contributed by atoms with E-state index in [9.17, 15) is 9.59 Å². The summed E-state index contributed by atoms with van der Waals surface area (Å²) in [5, 5.41) is 0. The minimum Gasteiger partial charge on any atom is -0.341 e. The van der Waals surface area contributed by atoms with Crippen LogP contribution < -0.4 is 0 Å². The summed E-state index contributed by atoms with van der Waals surface area (Å²) >= 11 is 0. The molecule has 0 atom stereocenters. The van der Waals surface area contributed by atoms with Gasteiger partial charge in [-0.25, -0.2) is 0 Å². The topological polar surface area (TPSA) is 40.6 Å². The number of carbonyl (C=O) groups excluding carboxylic acids is 2. The molecule has 0 N–H and O–H groups in total. The lowest BCUT2D eigenvalue weighted by Crippen LogP contribution is -2.54. The molecule has 0 spiro atoms. The van der Waals surface area contributed by atoms with Gasteiger partial charge in [-0.3, -0.25) is 9.59 Å². The van der Waals surface area contributed by atoms with E-state index >= 15 is 0 Å². The molecule has 0 saturated heterocycles. The Morgan fingerprint density at radius 3 is 2.00 bits per heavy atom. The molecule has 0 heterocycles. The molecule has 0 aliphatic rings. The van der Waals surface area contributed by atoms with Crippen LogP contribution in [0.15, 0.2) is 0 Å². The molecule has 0 rings (SSSR count). The van der Waals surface area contributed by atoms with Crippen molar-refractivity contribution in [3.05, 3.63) is 0 Å². The molecular weight excluding hydrogens is 180 g/mol. The Morgan fingerprint density at radius 1 is 1.29 bits per heavy atom. The van der Waals surface area contributed by atoms with E-state index in [0.717, 1.165) is 0 Å². The Balaban J connectivity index is 4.72. The van der Waals surface area contributed by atoms with Gasteiger partial charge in [-0.2, -0.15) is 0 Å². The summed E-state index contributed by atoms with van der Waals surface area (Å²) in [7, 11) is 1.62. The molecule has 0 aromatic carbocycles. The van der Waals surface area contributed by atoms with Gasteiger partial charge in [0, 0.05) is 20.1 Å². The Morgan fingerprint density at radius 2 is 1.71 bits per heavy atom. The van der Waals surface area contributed by atoms with E-state index < -0.39 is 5.54 Å². The van der Waals surface area contributed by atoms with Crippen LogP contribution in [0.25, 0.3) is 0 Å². The summed E-state index contributed by atoms with van der Waals surface area (Å²) in [5.74, 6) is -0.0166. The number of likely N-dealkylation sites (N-methyl/N-ethyl adjacent to an activating group) is 2. The SMILES string of the molecule is CCN(CC)C(=O)C(C)(C)N(C)C=O. The van der Waals surface area contributed by atoms with Crippen LogP contribution in [0, 0.1) is 0 Å². The second-order valence-electron chi connectivity index (χ2n) is 3.75. The first-order chi connectivity index (χ1) is 6.41. The summed E-state index contributed by atoms with van der Waals surface area (Å²) in [6.07, 6.45) is 0.682. The third kappa shape index (κ3) is 2.47. The predicted molar refractivity (Wildman–Crippen MR) is 55.8 cm³/mol. The van der Waals surface area contributed by atoms with Gasteiger partial charge in [-0.15, -0.1) is 0 Å². The molecule has 0 saturated carbocycles. The number of nitrogens with zero attached hydrogens (tertiary/aromatic N) is 2. The molecule has 0 unspecified atom stereocenters. The Labute approximate surface area is 85.9 Å². The maximum absolute atomic E-state index is 12.0. The first-order valence-electron chi connectivity index (χ1n) is 4.89. The van der Waals surface area contributed by atoms with Crippen molar-refractivity contribution in [2.45, 2.75) is 33.2 Å². The van der Waals surface area contributed by atoms with Gasteiger partial charge in [0.1, 0.15) is 5.54 Å². The van der Waals surface area contributed by atoms with Gasteiger partial charge >= 0.3 is 0 Å². The lowest BCUT2D eigenvalue weighted by atomic mass is 10.0. The molecule has 82 valence electrons. The second-order valence-corrected chi connectivity index (χ2v) is 3.75. The van der Waals surface area contributed by atoms with E-state index in [1.54, 1.807) is 25.8 Å². The number of amides is 2. The molecule has 0 fully saturated rings. The molecule has 0 aromatic heterocycles. The van der Waals surface area contributed by atoms with Crippen LogP contribution in [-0.2, 0) is 9.59 Å². The van der Waals surface area contributed by atoms with Gasteiger partial charge in [-0.1, -0.05) is 0 Å². The van der Waals surface area contributed by atoms with Crippen molar-refractivity contribution in [3.8, 4) is 0 Å².